The lowest BCUT2D eigenvalue weighted by molar-refractivity contribution is 0.100. The molecule has 0 unspecified atom stereocenters. The van der Waals surface area contributed by atoms with Gasteiger partial charge in [-0.15, -0.1) is 0 Å². The second-order valence-electron chi connectivity index (χ2n) is 9.67. The molecule has 1 saturated heterocycles. The van der Waals surface area contributed by atoms with E-state index in [-0.39, 0.29) is 5.56 Å². The minimum absolute atomic E-state index is 0.274. The van der Waals surface area contributed by atoms with Crippen LogP contribution in [0, 0.1) is 6.92 Å². The molecule has 1 aliphatic heterocycles. The van der Waals surface area contributed by atoms with Gasteiger partial charge >= 0.3 is 0 Å². The quantitative estimate of drug-likeness (QED) is 0.307. The number of aryl methyl sites for hydroxylation is 2. The van der Waals surface area contributed by atoms with Crippen LogP contribution in [-0.2, 0) is 13.0 Å². The number of carbonyl (C=O) groups is 1. The number of primary amides is 1. The van der Waals surface area contributed by atoms with Crippen LogP contribution in [0.2, 0.25) is 0 Å². The number of nitrogens with zero attached hydrogens (tertiary/aromatic N) is 3. The first-order valence-corrected chi connectivity index (χ1v) is 12.5. The molecule has 0 spiro atoms. The third-order valence-corrected chi connectivity index (χ3v) is 6.99. The SMILES string of the molecule is CCc1cc(CNc2n[nH]c(Nc3ccc(N4CCC(N(C)C)CC4)cc3)c2C(N)=O)cc(C)c1O. The number of carbonyl (C=O) groups excluding carboxylic acids is 1. The van der Waals surface area contributed by atoms with Gasteiger partial charge < -0.3 is 31.3 Å². The monoisotopic (exact) mass is 491 g/mol. The number of aromatic amines is 1. The van der Waals surface area contributed by atoms with E-state index in [1.165, 1.54) is 5.69 Å². The van der Waals surface area contributed by atoms with Crippen LogP contribution >= 0.6 is 0 Å². The molecule has 9 heteroatoms. The Morgan fingerprint density at radius 2 is 1.92 bits per heavy atom. The lowest BCUT2D eigenvalue weighted by atomic mass is 10.0. The fourth-order valence-corrected chi connectivity index (χ4v) is 4.83. The van der Waals surface area contributed by atoms with Gasteiger partial charge in [-0.2, -0.15) is 5.10 Å². The van der Waals surface area contributed by atoms with Crippen LogP contribution in [0.25, 0.3) is 0 Å². The Kier molecular flexibility index (Phi) is 7.69. The zero-order chi connectivity index (χ0) is 25.8. The van der Waals surface area contributed by atoms with Gasteiger partial charge in [0.15, 0.2) is 5.82 Å². The summed E-state index contributed by atoms with van der Waals surface area (Å²) in [7, 11) is 4.29. The van der Waals surface area contributed by atoms with E-state index in [9.17, 15) is 9.90 Å². The first-order chi connectivity index (χ1) is 17.3. The zero-order valence-corrected chi connectivity index (χ0v) is 21.6. The highest BCUT2D eigenvalue weighted by molar-refractivity contribution is 6.03. The van der Waals surface area contributed by atoms with Gasteiger partial charge in [0.25, 0.3) is 5.91 Å². The second-order valence-corrected chi connectivity index (χ2v) is 9.67. The molecule has 1 aliphatic rings. The normalized spacial score (nSPS) is 14.3. The van der Waals surface area contributed by atoms with E-state index < -0.39 is 5.91 Å². The van der Waals surface area contributed by atoms with Crippen molar-refractivity contribution in [3.8, 4) is 5.75 Å². The van der Waals surface area contributed by atoms with Crippen molar-refractivity contribution in [2.75, 3.05) is 42.7 Å². The highest BCUT2D eigenvalue weighted by Crippen LogP contribution is 2.29. The molecule has 2 aromatic carbocycles. The van der Waals surface area contributed by atoms with Crippen LogP contribution in [0.5, 0.6) is 5.75 Å². The summed E-state index contributed by atoms with van der Waals surface area (Å²) in [4.78, 5) is 17.0. The third kappa shape index (κ3) is 5.57. The lowest BCUT2D eigenvalue weighted by Gasteiger charge is -2.36. The molecule has 1 fully saturated rings. The smallest absolute Gasteiger partial charge is 0.256 e. The summed E-state index contributed by atoms with van der Waals surface area (Å²) in [5.41, 5.74) is 10.7. The fraction of sp³-hybridized carbons (Fsp3) is 0.407. The number of rotatable bonds is 9. The van der Waals surface area contributed by atoms with Crippen LogP contribution in [0.3, 0.4) is 0 Å². The number of benzene rings is 2. The Bertz CT molecular complexity index is 1200. The van der Waals surface area contributed by atoms with Crippen LogP contribution in [0.4, 0.5) is 23.0 Å². The van der Waals surface area contributed by atoms with E-state index in [1.807, 2.05) is 38.1 Å². The zero-order valence-electron chi connectivity index (χ0n) is 21.6. The van der Waals surface area contributed by atoms with Gasteiger partial charge in [0.1, 0.15) is 17.1 Å². The van der Waals surface area contributed by atoms with E-state index in [4.69, 9.17) is 5.73 Å². The van der Waals surface area contributed by atoms with Gasteiger partial charge in [0.05, 0.1) is 0 Å². The highest BCUT2D eigenvalue weighted by Gasteiger charge is 2.21. The number of nitrogens with one attached hydrogen (secondary N) is 3. The number of hydrogen-bond donors (Lipinski definition) is 5. The van der Waals surface area contributed by atoms with Crippen molar-refractivity contribution in [3.05, 3.63) is 58.7 Å². The molecule has 192 valence electrons. The number of H-pyrrole nitrogens is 1. The number of amides is 1. The Balaban J connectivity index is 1.43. The van der Waals surface area contributed by atoms with Crippen LogP contribution < -0.4 is 21.3 Å². The van der Waals surface area contributed by atoms with Gasteiger partial charge in [0, 0.05) is 37.1 Å². The molecule has 0 saturated carbocycles. The van der Waals surface area contributed by atoms with Gasteiger partial charge in [-0.1, -0.05) is 19.1 Å². The minimum Gasteiger partial charge on any atom is -0.507 e. The van der Waals surface area contributed by atoms with Crippen molar-refractivity contribution >= 4 is 28.9 Å². The van der Waals surface area contributed by atoms with Gasteiger partial charge in [-0.3, -0.25) is 9.89 Å². The van der Waals surface area contributed by atoms with E-state index in [0.717, 1.165) is 54.7 Å². The van der Waals surface area contributed by atoms with Crippen molar-refractivity contribution in [1.82, 2.24) is 15.1 Å². The summed E-state index contributed by atoms with van der Waals surface area (Å²) in [6.45, 7) is 6.40. The summed E-state index contributed by atoms with van der Waals surface area (Å²) < 4.78 is 0. The van der Waals surface area contributed by atoms with Gasteiger partial charge in [0.2, 0.25) is 0 Å². The highest BCUT2D eigenvalue weighted by atomic mass is 16.3. The molecular formula is C27H37N7O2. The van der Waals surface area contributed by atoms with E-state index >= 15 is 0 Å². The van der Waals surface area contributed by atoms with E-state index in [1.54, 1.807) is 0 Å². The summed E-state index contributed by atoms with van der Waals surface area (Å²) in [6.07, 6.45) is 3.04. The first-order valence-electron chi connectivity index (χ1n) is 12.5. The predicted molar refractivity (Wildman–Crippen MR) is 145 cm³/mol. The number of phenols is 1. The molecule has 0 bridgehead atoms. The number of phenolic OH excluding ortho intramolecular Hbond substituents is 1. The van der Waals surface area contributed by atoms with Gasteiger partial charge in [-0.05, 0) is 81.2 Å². The summed E-state index contributed by atoms with van der Waals surface area (Å²) >= 11 is 0. The predicted octanol–water partition coefficient (Wildman–Crippen LogP) is 3.97. The Hall–Kier alpha value is -3.72. The maximum atomic E-state index is 12.3. The topological polar surface area (TPSA) is 123 Å². The Morgan fingerprint density at radius 1 is 1.22 bits per heavy atom. The van der Waals surface area contributed by atoms with Crippen molar-refractivity contribution in [2.45, 2.75) is 45.7 Å². The molecular weight excluding hydrogens is 454 g/mol. The molecule has 2 heterocycles. The molecule has 9 nitrogen and oxygen atoms in total. The van der Waals surface area contributed by atoms with Crippen LogP contribution in [0.15, 0.2) is 36.4 Å². The Labute approximate surface area is 212 Å². The third-order valence-electron chi connectivity index (χ3n) is 6.99. The molecule has 0 radical (unpaired) electrons. The summed E-state index contributed by atoms with van der Waals surface area (Å²) in [5, 5.41) is 23.8. The number of anilines is 4. The van der Waals surface area contributed by atoms with Crippen molar-refractivity contribution in [2.24, 2.45) is 5.73 Å². The molecule has 6 N–H and O–H groups in total. The largest absolute Gasteiger partial charge is 0.507 e. The lowest BCUT2D eigenvalue weighted by Crippen LogP contribution is -2.41. The second kappa shape index (κ2) is 10.9. The van der Waals surface area contributed by atoms with Crippen LogP contribution in [0.1, 0.15) is 46.8 Å². The molecule has 3 aromatic rings. The number of aromatic hydroxyl groups is 1. The van der Waals surface area contributed by atoms with Crippen molar-refractivity contribution in [1.29, 1.82) is 0 Å². The van der Waals surface area contributed by atoms with Crippen molar-refractivity contribution in [3.63, 3.8) is 0 Å². The van der Waals surface area contributed by atoms with E-state index in [2.05, 4.69) is 56.9 Å². The maximum absolute atomic E-state index is 12.3. The molecule has 36 heavy (non-hydrogen) atoms. The first kappa shape index (κ1) is 25.4. The van der Waals surface area contributed by atoms with Crippen molar-refractivity contribution < 1.29 is 9.90 Å². The Morgan fingerprint density at radius 3 is 2.53 bits per heavy atom. The maximum Gasteiger partial charge on any atom is 0.256 e. The number of hydrogen-bond acceptors (Lipinski definition) is 7. The fourth-order valence-electron chi connectivity index (χ4n) is 4.83. The summed E-state index contributed by atoms with van der Waals surface area (Å²) in [5.74, 6) is 0.578. The average Bonchev–Trinajstić information content (AvgIpc) is 3.27. The number of piperidine rings is 1. The standard InChI is InChI=1S/C27H37N7O2/c1-5-19-15-18(14-17(2)24(19)35)16-29-26-23(25(28)36)27(32-31-26)30-20-6-8-22(9-7-20)34-12-10-21(11-13-34)33(3)4/h6-9,14-15,21,35H,5,10-13,16H2,1-4H3,(H2,28,36)(H3,29,30,31,32). The van der Waals surface area contributed by atoms with Crippen LogP contribution in [-0.4, -0.2) is 59.3 Å². The number of aromatic nitrogens is 2. The summed E-state index contributed by atoms with van der Waals surface area (Å²) in [6, 6.07) is 12.7. The molecule has 1 aromatic heterocycles. The molecule has 1 amide bonds. The van der Waals surface area contributed by atoms with Gasteiger partial charge in [-0.25, -0.2) is 0 Å². The van der Waals surface area contributed by atoms with E-state index in [0.29, 0.717) is 30.0 Å². The number of nitrogens with two attached hydrogens (primary N) is 1. The average molecular weight is 492 g/mol. The molecule has 0 atom stereocenters. The minimum atomic E-state index is -0.578. The molecule has 0 aliphatic carbocycles. The molecule has 4 rings (SSSR count).